The Balaban J connectivity index is 2.03. The summed E-state index contributed by atoms with van der Waals surface area (Å²) in [5, 5.41) is 0. The third-order valence-electron chi connectivity index (χ3n) is 2.63. The van der Waals surface area contributed by atoms with Crippen molar-refractivity contribution in [3.8, 4) is 11.5 Å². The highest BCUT2D eigenvalue weighted by atomic mass is 127. The van der Waals surface area contributed by atoms with Crippen LogP contribution in [-0.2, 0) is 0 Å². The number of halogens is 4. The Hall–Kier alpha value is -1.22. The van der Waals surface area contributed by atoms with Crippen molar-refractivity contribution < 1.29 is 13.5 Å². The number of fused-ring (bicyclic) bond motifs is 1. The summed E-state index contributed by atoms with van der Waals surface area (Å²) in [6, 6.07) is 4.84. The Kier molecular flexibility index (Phi) is 3.63. The molecule has 2 heterocycles. The molecule has 2 aromatic heterocycles. The van der Waals surface area contributed by atoms with Gasteiger partial charge in [0.15, 0.2) is 11.6 Å². The molecule has 20 heavy (non-hydrogen) atoms. The molecule has 0 amide bonds. The van der Waals surface area contributed by atoms with Crippen molar-refractivity contribution in [2.75, 3.05) is 0 Å². The van der Waals surface area contributed by atoms with Crippen LogP contribution in [0.3, 0.4) is 0 Å². The summed E-state index contributed by atoms with van der Waals surface area (Å²) < 4.78 is 35.4. The number of aromatic nitrogens is 2. The molecule has 0 N–H and O–H groups in total. The summed E-state index contributed by atoms with van der Waals surface area (Å²) in [6.45, 7) is 0. The van der Waals surface area contributed by atoms with Crippen LogP contribution in [-0.4, -0.2) is 9.38 Å². The first-order valence-electron chi connectivity index (χ1n) is 5.49. The predicted octanol–water partition coefficient (Wildman–Crippen LogP) is 4.77. The van der Waals surface area contributed by atoms with Crippen molar-refractivity contribution in [1.29, 1.82) is 0 Å². The number of hydrogen-bond donors (Lipinski definition) is 0. The minimum absolute atomic E-state index is 0.0438. The summed E-state index contributed by atoms with van der Waals surface area (Å²) in [5.74, 6) is -1.04. The van der Waals surface area contributed by atoms with E-state index in [0.717, 1.165) is 15.8 Å². The molecule has 0 spiro atoms. The molecule has 0 aliphatic heterocycles. The summed E-state index contributed by atoms with van der Waals surface area (Å²) in [4.78, 5) is 4.20. The highest BCUT2D eigenvalue weighted by Gasteiger charge is 2.11. The maximum Gasteiger partial charge on any atom is 0.168 e. The molecule has 1 aromatic carbocycles. The van der Waals surface area contributed by atoms with Gasteiger partial charge in [-0.1, -0.05) is 0 Å². The van der Waals surface area contributed by atoms with E-state index in [1.54, 1.807) is 18.5 Å². The summed E-state index contributed by atoms with van der Waals surface area (Å²) in [5.41, 5.74) is 0.676. The van der Waals surface area contributed by atoms with Crippen molar-refractivity contribution in [2.45, 2.75) is 0 Å². The third-order valence-corrected chi connectivity index (χ3v) is 4.03. The molecule has 0 radical (unpaired) electrons. The van der Waals surface area contributed by atoms with Crippen LogP contribution in [0.2, 0.25) is 0 Å². The van der Waals surface area contributed by atoms with E-state index in [9.17, 15) is 8.78 Å². The topological polar surface area (TPSA) is 26.5 Å². The summed E-state index contributed by atoms with van der Waals surface area (Å²) in [7, 11) is 0. The van der Waals surface area contributed by atoms with Gasteiger partial charge in [-0.3, -0.25) is 4.40 Å². The standard InChI is InChI=1S/C13H6BrF2IN2O/c14-8-6-19-12(17)5-18-13(19)4-11(8)20-10-2-1-7(15)3-9(10)16/h1-6H. The molecule has 3 rings (SSSR count). The van der Waals surface area contributed by atoms with Crippen LogP contribution >= 0.6 is 38.5 Å². The highest BCUT2D eigenvalue weighted by molar-refractivity contribution is 14.1. The van der Waals surface area contributed by atoms with Crippen molar-refractivity contribution in [3.63, 3.8) is 0 Å². The molecule has 0 atom stereocenters. The Bertz CT molecular complexity index is 806. The molecule has 102 valence electrons. The normalized spacial score (nSPS) is 11.0. The molecule has 7 heteroatoms. The first-order chi connectivity index (χ1) is 9.54. The third kappa shape index (κ3) is 2.51. The van der Waals surface area contributed by atoms with E-state index >= 15 is 0 Å². The van der Waals surface area contributed by atoms with Gasteiger partial charge in [0.1, 0.15) is 20.9 Å². The number of imidazole rings is 1. The largest absolute Gasteiger partial charge is 0.453 e. The van der Waals surface area contributed by atoms with Gasteiger partial charge in [0.05, 0.1) is 10.7 Å². The molecular formula is C13H6BrF2IN2O. The molecule has 0 fully saturated rings. The maximum atomic E-state index is 13.6. The molecule has 0 unspecified atom stereocenters. The molecule has 0 aliphatic rings. The number of pyridine rings is 1. The van der Waals surface area contributed by atoms with Gasteiger partial charge in [0.25, 0.3) is 0 Å². The van der Waals surface area contributed by atoms with E-state index in [-0.39, 0.29) is 5.75 Å². The van der Waals surface area contributed by atoms with Crippen molar-refractivity contribution in [3.05, 3.63) is 56.5 Å². The van der Waals surface area contributed by atoms with Crippen LogP contribution < -0.4 is 4.74 Å². The number of rotatable bonds is 2. The Morgan fingerprint density at radius 1 is 1.20 bits per heavy atom. The van der Waals surface area contributed by atoms with Crippen molar-refractivity contribution >= 4 is 44.2 Å². The Labute approximate surface area is 134 Å². The van der Waals surface area contributed by atoms with Gasteiger partial charge in [0, 0.05) is 18.3 Å². The molecule has 3 nitrogen and oxygen atoms in total. The van der Waals surface area contributed by atoms with Gasteiger partial charge in [0.2, 0.25) is 0 Å². The highest BCUT2D eigenvalue weighted by Crippen LogP contribution is 2.32. The Morgan fingerprint density at radius 2 is 2.00 bits per heavy atom. The van der Waals surface area contributed by atoms with Crippen LogP contribution in [0, 0.1) is 15.3 Å². The fourth-order valence-corrected chi connectivity index (χ4v) is 2.63. The lowest BCUT2D eigenvalue weighted by atomic mass is 10.3. The first-order valence-corrected chi connectivity index (χ1v) is 7.37. The number of hydrogen-bond acceptors (Lipinski definition) is 2. The first kappa shape index (κ1) is 13.7. The van der Waals surface area contributed by atoms with Crippen molar-refractivity contribution in [2.24, 2.45) is 0 Å². The van der Waals surface area contributed by atoms with Gasteiger partial charge in [-0.2, -0.15) is 0 Å². The van der Waals surface area contributed by atoms with E-state index in [1.165, 1.54) is 6.07 Å². The smallest absolute Gasteiger partial charge is 0.168 e. The van der Waals surface area contributed by atoms with E-state index in [1.807, 2.05) is 4.40 Å². The fourth-order valence-electron chi connectivity index (χ4n) is 1.71. The van der Waals surface area contributed by atoms with E-state index in [2.05, 4.69) is 43.5 Å². The Morgan fingerprint density at radius 3 is 2.75 bits per heavy atom. The lowest BCUT2D eigenvalue weighted by Gasteiger charge is -2.09. The monoisotopic (exact) mass is 450 g/mol. The average molecular weight is 451 g/mol. The molecule has 0 bridgehead atoms. The average Bonchev–Trinajstić information content (AvgIpc) is 2.74. The van der Waals surface area contributed by atoms with Crippen LogP contribution in [0.5, 0.6) is 11.5 Å². The quantitative estimate of drug-likeness (QED) is 0.525. The minimum atomic E-state index is -0.755. The zero-order chi connectivity index (χ0) is 14.3. The summed E-state index contributed by atoms with van der Waals surface area (Å²) in [6.07, 6.45) is 3.49. The van der Waals surface area contributed by atoms with E-state index in [4.69, 9.17) is 4.74 Å². The second kappa shape index (κ2) is 5.28. The number of nitrogens with zero attached hydrogens (tertiary/aromatic N) is 2. The molecular weight excluding hydrogens is 445 g/mol. The van der Waals surface area contributed by atoms with Gasteiger partial charge in [-0.25, -0.2) is 13.8 Å². The fraction of sp³-hybridized carbons (Fsp3) is 0. The second-order valence-electron chi connectivity index (χ2n) is 3.97. The number of ether oxygens (including phenoxy) is 1. The molecule has 0 saturated carbocycles. The van der Waals surface area contributed by atoms with E-state index in [0.29, 0.717) is 15.9 Å². The molecule has 0 saturated heterocycles. The van der Waals surface area contributed by atoms with Crippen LogP contribution in [0.25, 0.3) is 5.65 Å². The van der Waals surface area contributed by atoms with Crippen LogP contribution in [0.1, 0.15) is 0 Å². The lowest BCUT2D eigenvalue weighted by molar-refractivity contribution is 0.435. The molecule has 0 aliphatic carbocycles. The summed E-state index contributed by atoms with van der Waals surface area (Å²) >= 11 is 5.51. The van der Waals surface area contributed by atoms with Gasteiger partial charge in [-0.05, 0) is 50.7 Å². The molecule has 3 aromatic rings. The van der Waals surface area contributed by atoms with Gasteiger partial charge in [-0.15, -0.1) is 0 Å². The zero-order valence-corrected chi connectivity index (χ0v) is 13.5. The minimum Gasteiger partial charge on any atom is -0.453 e. The van der Waals surface area contributed by atoms with Gasteiger partial charge >= 0.3 is 0 Å². The van der Waals surface area contributed by atoms with Crippen LogP contribution in [0.15, 0.2) is 41.1 Å². The number of benzene rings is 1. The van der Waals surface area contributed by atoms with E-state index < -0.39 is 11.6 Å². The predicted molar refractivity (Wildman–Crippen MR) is 82.0 cm³/mol. The lowest BCUT2D eigenvalue weighted by Crippen LogP contribution is -1.93. The van der Waals surface area contributed by atoms with Gasteiger partial charge < -0.3 is 4.74 Å². The zero-order valence-electron chi connectivity index (χ0n) is 9.78. The second-order valence-corrected chi connectivity index (χ2v) is 5.93. The SMILES string of the molecule is Fc1ccc(Oc2cc3ncc(I)n3cc2Br)c(F)c1. The maximum absolute atomic E-state index is 13.6. The van der Waals surface area contributed by atoms with Crippen molar-refractivity contribution in [1.82, 2.24) is 9.38 Å². The van der Waals surface area contributed by atoms with Crippen LogP contribution in [0.4, 0.5) is 8.78 Å².